The lowest BCUT2D eigenvalue weighted by Gasteiger charge is -2.26. The molecule has 0 spiro atoms. The molecule has 21 heavy (non-hydrogen) atoms. The number of hydrogen-bond donors (Lipinski definition) is 4. The second kappa shape index (κ2) is 6.85. The zero-order valence-corrected chi connectivity index (χ0v) is 11.7. The maximum absolute atomic E-state index is 12.2. The van der Waals surface area contributed by atoms with Gasteiger partial charge in [0.15, 0.2) is 0 Å². The van der Waals surface area contributed by atoms with Crippen molar-refractivity contribution in [2.24, 2.45) is 11.5 Å². The Balaban J connectivity index is 2.81. The Bertz CT molecular complexity index is 528. The topological polar surface area (TPSA) is 136 Å². The van der Waals surface area contributed by atoms with Gasteiger partial charge >= 0.3 is 5.97 Å². The highest BCUT2D eigenvalue weighted by molar-refractivity contribution is 5.90. The van der Waals surface area contributed by atoms with Crippen molar-refractivity contribution < 1.29 is 19.5 Å². The molecule has 114 valence electrons. The fraction of sp³-hybridized carbons (Fsp3) is 0.357. The minimum atomic E-state index is -1.37. The van der Waals surface area contributed by atoms with Gasteiger partial charge in [0.25, 0.3) is 0 Å². The number of carboxylic acid groups (broad SMARTS) is 1. The molecular formula is C14H19N3O4. The van der Waals surface area contributed by atoms with Gasteiger partial charge in [-0.05, 0) is 18.9 Å². The highest BCUT2D eigenvalue weighted by Gasteiger charge is 2.33. The van der Waals surface area contributed by atoms with Crippen LogP contribution in [-0.2, 0) is 19.9 Å². The minimum Gasteiger partial charge on any atom is -0.480 e. The molecule has 0 aliphatic heterocycles. The highest BCUT2D eigenvalue weighted by Crippen LogP contribution is 2.18. The predicted molar refractivity (Wildman–Crippen MR) is 76.0 cm³/mol. The van der Waals surface area contributed by atoms with Gasteiger partial charge in [-0.2, -0.15) is 0 Å². The number of primary amides is 1. The summed E-state index contributed by atoms with van der Waals surface area (Å²) < 4.78 is 0. The molecule has 7 heteroatoms. The first-order valence-electron chi connectivity index (χ1n) is 6.41. The van der Waals surface area contributed by atoms with Crippen LogP contribution in [0.5, 0.6) is 0 Å². The first-order valence-corrected chi connectivity index (χ1v) is 6.41. The van der Waals surface area contributed by atoms with E-state index in [1.807, 2.05) is 0 Å². The molecule has 0 saturated carbocycles. The zero-order valence-electron chi connectivity index (χ0n) is 11.7. The third kappa shape index (κ3) is 4.57. The van der Waals surface area contributed by atoms with Crippen molar-refractivity contribution in [3.05, 3.63) is 35.9 Å². The summed E-state index contributed by atoms with van der Waals surface area (Å²) in [6.07, 6.45) is -0.217. The van der Waals surface area contributed by atoms with Gasteiger partial charge in [-0.15, -0.1) is 0 Å². The van der Waals surface area contributed by atoms with E-state index in [0.29, 0.717) is 5.56 Å². The number of carboxylic acids is 1. The maximum atomic E-state index is 12.2. The molecular weight excluding hydrogens is 274 g/mol. The van der Waals surface area contributed by atoms with Crippen molar-refractivity contribution in [3.8, 4) is 0 Å². The average molecular weight is 293 g/mol. The first-order chi connectivity index (χ1) is 9.75. The van der Waals surface area contributed by atoms with Crippen LogP contribution in [0.2, 0.25) is 0 Å². The van der Waals surface area contributed by atoms with Gasteiger partial charge in [0.2, 0.25) is 11.8 Å². The Morgan fingerprint density at radius 1 is 1.29 bits per heavy atom. The standard InChI is InChI=1S/C14H19N3O4/c1-14(16,9-5-3-2-4-6-9)13(21)17-10(12(19)20)7-8-11(15)18/h2-6,10H,7-8,16H2,1H3,(H2,15,18)(H,17,21)(H,19,20)/t10-,14?/m0/s1. The third-order valence-electron chi connectivity index (χ3n) is 3.13. The number of carbonyl (C=O) groups is 3. The molecule has 0 heterocycles. The van der Waals surface area contributed by atoms with Gasteiger partial charge < -0.3 is 21.9 Å². The quantitative estimate of drug-likeness (QED) is 0.547. The molecule has 0 aliphatic carbocycles. The smallest absolute Gasteiger partial charge is 0.326 e. The second-order valence-electron chi connectivity index (χ2n) is 4.94. The number of hydrogen-bond acceptors (Lipinski definition) is 4. The normalized spacial score (nSPS) is 14.8. The second-order valence-corrected chi connectivity index (χ2v) is 4.94. The summed E-state index contributed by atoms with van der Waals surface area (Å²) in [6, 6.07) is 7.39. The van der Waals surface area contributed by atoms with Crippen LogP contribution >= 0.6 is 0 Å². The molecule has 2 atom stereocenters. The van der Waals surface area contributed by atoms with E-state index in [0.717, 1.165) is 0 Å². The molecule has 0 aliphatic rings. The van der Waals surface area contributed by atoms with Crippen LogP contribution in [0.25, 0.3) is 0 Å². The van der Waals surface area contributed by atoms with Crippen LogP contribution in [0.4, 0.5) is 0 Å². The summed E-state index contributed by atoms with van der Waals surface area (Å²) in [4.78, 5) is 34.0. The number of carbonyl (C=O) groups excluding carboxylic acids is 2. The molecule has 0 fully saturated rings. The van der Waals surface area contributed by atoms with Gasteiger partial charge in [0.05, 0.1) is 0 Å². The van der Waals surface area contributed by atoms with Crippen molar-refractivity contribution in [3.63, 3.8) is 0 Å². The number of aliphatic carboxylic acids is 1. The number of nitrogens with two attached hydrogens (primary N) is 2. The van der Waals surface area contributed by atoms with Crippen molar-refractivity contribution in [1.82, 2.24) is 5.32 Å². The summed E-state index contributed by atoms with van der Waals surface area (Å²) in [5.41, 5.74) is 10.2. The Hall–Kier alpha value is -2.41. The van der Waals surface area contributed by atoms with E-state index in [2.05, 4.69) is 5.32 Å². The summed E-state index contributed by atoms with van der Waals surface area (Å²) in [5, 5.41) is 11.4. The van der Waals surface area contributed by atoms with E-state index < -0.39 is 29.4 Å². The lowest BCUT2D eigenvalue weighted by molar-refractivity contribution is -0.143. The monoisotopic (exact) mass is 293 g/mol. The summed E-state index contributed by atoms with van der Waals surface area (Å²) in [7, 11) is 0. The van der Waals surface area contributed by atoms with E-state index in [1.54, 1.807) is 30.3 Å². The molecule has 2 amide bonds. The highest BCUT2D eigenvalue weighted by atomic mass is 16.4. The zero-order chi connectivity index (χ0) is 16.0. The van der Waals surface area contributed by atoms with Gasteiger partial charge in [-0.25, -0.2) is 4.79 Å². The predicted octanol–water partition coefficient (Wildman–Crippen LogP) is -0.305. The van der Waals surface area contributed by atoms with Crippen LogP contribution in [0.3, 0.4) is 0 Å². The Labute approximate surface area is 122 Å². The van der Waals surface area contributed by atoms with E-state index in [9.17, 15) is 14.4 Å². The summed E-state index contributed by atoms with van der Waals surface area (Å²) >= 11 is 0. The summed E-state index contributed by atoms with van der Waals surface area (Å²) in [5.74, 6) is -2.51. The van der Waals surface area contributed by atoms with Gasteiger partial charge in [-0.1, -0.05) is 30.3 Å². The largest absolute Gasteiger partial charge is 0.480 e. The third-order valence-corrected chi connectivity index (χ3v) is 3.13. The van der Waals surface area contributed by atoms with Crippen molar-refractivity contribution in [2.45, 2.75) is 31.3 Å². The van der Waals surface area contributed by atoms with Gasteiger partial charge in [0.1, 0.15) is 11.6 Å². The van der Waals surface area contributed by atoms with E-state index in [-0.39, 0.29) is 12.8 Å². The fourth-order valence-electron chi connectivity index (χ4n) is 1.77. The molecule has 0 bridgehead atoms. The molecule has 1 aromatic rings. The van der Waals surface area contributed by atoms with Crippen molar-refractivity contribution in [2.75, 3.05) is 0 Å². The van der Waals surface area contributed by atoms with Crippen LogP contribution in [0, 0.1) is 0 Å². The SMILES string of the molecule is CC(N)(C(=O)N[C@@H](CCC(N)=O)C(=O)O)c1ccccc1. The van der Waals surface area contributed by atoms with E-state index in [4.69, 9.17) is 16.6 Å². The molecule has 1 unspecified atom stereocenters. The van der Waals surface area contributed by atoms with Crippen LogP contribution in [0.1, 0.15) is 25.3 Å². The molecule has 0 aromatic heterocycles. The first kappa shape index (κ1) is 16.6. The van der Waals surface area contributed by atoms with Crippen LogP contribution in [-0.4, -0.2) is 28.9 Å². The Morgan fingerprint density at radius 2 is 1.86 bits per heavy atom. The van der Waals surface area contributed by atoms with Crippen molar-refractivity contribution in [1.29, 1.82) is 0 Å². The maximum Gasteiger partial charge on any atom is 0.326 e. The molecule has 0 radical (unpaired) electrons. The van der Waals surface area contributed by atoms with E-state index >= 15 is 0 Å². The van der Waals surface area contributed by atoms with Gasteiger partial charge in [0, 0.05) is 6.42 Å². The minimum absolute atomic E-state index is 0.0821. The number of nitrogens with one attached hydrogen (secondary N) is 1. The fourth-order valence-corrected chi connectivity index (χ4v) is 1.77. The van der Waals surface area contributed by atoms with Crippen LogP contribution in [0.15, 0.2) is 30.3 Å². The Kier molecular flexibility index (Phi) is 5.43. The molecule has 1 rings (SSSR count). The van der Waals surface area contributed by atoms with Crippen molar-refractivity contribution >= 4 is 17.8 Å². The Morgan fingerprint density at radius 3 is 2.33 bits per heavy atom. The lowest BCUT2D eigenvalue weighted by atomic mass is 9.92. The molecule has 7 nitrogen and oxygen atoms in total. The number of rotatable bonds is 7. The van der Waals surface area contributed by atoms with Gasteiger partial charge in [-0.3, -0.25) is 9.59 Å². The number of amides is 2. The van der Waals surface area contributed by atoms with Crippen LogP contribution < -0.4 is 16.8 Å². The van der Waals surface area contributed by atoms with E-state index in [1.165, 1.54) is 6.92 Å². The molecule has 6 N–H and O–H groups in total. The number of benzene rings is 1. The molecule has 1 aromatic carbocycles. The molecule has 0 saturated heterocycles. The summed E-state index contributed by atoms with van der Waals surface area (Å²) in [6.45, 7) is 1.49. The lowest BCUT2D eigenvalue weighted by Crippen LogP contribution is -2.53. The average Bonchev–Trinajstić information content (AvgIpc) is 2.43.